The number of barbiturate groups is 1. The Morgan fingerprint density at radius 3 is 2.24 bits per heavy atom. The van der Waals surface area contributed by atoms with Crippen molar-refractivity contribution in [3.05, 3.63) is 60.7 Å². The summed E-state index contributed by atoms with van der Waals surface area (Å²) in [6.45, 7) is 0. The van der Waals surface area contributed by atoms with E-state index in [0.717, 1.165) is 6.07 Å². The Morgan fingerprint density at radius 2 is 1.70 bits per heavy atom. The number of amides is 4. The van der Waals surface area contributed by atoms with E-state index < -0.39 is 45.9 Å². The molecule has 0 bridgehead atoms. The maximum Gasteiger partial charge on any atom is 0.416 e. The van der Waals surface area contributed by atoms with E-state index in [0.29, 0.717) is 15.7 Å². The second-order valence-corrected chi connectivity index (χ2v) is 7.53. The fourth-order valence-corrected chi connectivity index (χ4v) is 3.46. The van der Waals surface area contributed by atoms with Gasteiger partial charge in [0.25, 0.3) is 11.8 Å². The van der Waals surface area contributed by atoms with E-state index in [1.54, 1.807) is 22.6 Å². The van der Waals surface area contributed by atoms with Gasteiger partial charge in [0, 0.05) is 6.07 Å². The Hall–Kier alpha value is -3.69. The minimum atomic E-state index is -4.78. The van der Waals surface area contributed by atoms with E-state index >= 15 is 0 Å². The predicted octanol–water partition coefficient (Wildman–Crippen LogP) is 3.77. The molecule has 0 unspecified atom stereocenters. The van der Waals surface area contributed by atoms with Gasteiger partial charge in [0.15, 0.2) is 11.5 Å². The van der Waals surface area contributed by atoms with Gasteiger partial charge >= 0.3 is 17.9 Å². The number of hydrogen-bond donors (Lipinski definition) is 2. The largest absolute Gasteiger partial charge is 0.493 e. The first-order chi connectivity index (χ1) is 15.4. The molecular weight excluding hydrogens is 566 g/mol. The first kappa shape index (κ1) is 24.0. The van der Waals surface area contributed by atoms with Gasteiger partial charge in [-0.2, -0.15) is 13.2 Å². The number of carbonyl (C=O) groups excluding carboxylic acids is 3. The predicted molar refractivity (Wildman–Crippen MR) is 114 cm³/mol. The number of methoxy groups -OCH3 is 1. The Kier molecular flexibility index (Phi) is 6.57. The van der Waals surface area contributed by atoms with Crippen molar-refractivity contribution in [2.45, 2.75) is 6.18 Å². The van der Waals surface area contributed by atoms with Crippen molar-refractivity contribution >= 4 is 52.2 Å². The number of nitrogens with zero attached hydrogens (tertiary/aromatic N) is 1. The SMILES string of the molecule is COc1cc(C=C2C(=O)NC(=O)NC2=O)cc(I)c1Oc1ccc(C(F)(F)F)cc1[N+](=O)[O-]. The fourth-order valence-electron chi connectivity index (χ4n) is 2.73. The molecule has 1 fully saturated rings. The van der Waals surface area contributed by atoms with Gasteiger partial charge in [-0.3, -0.25) is 30.3 Å². The van der Waals surface area contributed by atoms with Crippen molar-refractivity contribution in [3.8, 4) is 17.2 Å². The lowest BCUT2D eigenvalue weighted by molar-refractivity contribution is -0.385. The summed E-state index contributed by atoms with van der Waals surface area (Å²) in [5, 5.41) is 15.1. The van der Waals surface area contributed by atoms with Crippen molar-refractivity contribution in [1.29, 1.82) is 0 Å². The third kappa shape index (κ3) is 5.21. The number of nitro groups is 1. The van der Waals surface area contributed by atoms with E-state index in [1.165, 1.54) is 25.3 Å². The molecule has 3 rings (SSSR count). The molecule has 0 aliphatic carbocycles. The number of hydrogen-bond acceptors (Lipinski definition) is 7. The molecule has 2 aromatic rings. The average Bonchev–Trinajstić information content (AvgIpc) is 2.71. The van der Waals surface area contributed by atoms with Gasteiger partial charge in [0.1, 0.15) is 5.57 Å². The van der Waals surface area contributed by atoms with Gasteiger partial charge in [-0.25, -0.2) is 4.79 Å². The molecule has 1 aliphatic heterocycles. The molecule has 1 heterocycles. The van der Waals surface area contributed by atoms with Crippen LogP contribution < -0.4 is 20.1 Å². The zero-order valence-electron chi connectivity index (χ0n) is 16.3. The summed E-state index contributed by atoms with van der Waals surface area (Å²) in [5.74, 6) is -2.33. The van der Waals surface area contributed by atoms with Crippen LogP contribution in [0.2, 0.25) is 0 Å². The highest BCUT2D eigenvalue weighted by Gasteiger charge is 2.34. The molecule has 0 spiro atoms. The quantitative estimate of drug-likeness (QED) is 0.182. The molecule has 0 aromatic heterocycles. The van der Waals surface area contributed by atoms with Crippen LogP contribution in [0.25, 0.3) is 6.08 Å². The highest BCUT2D eigenvalue weighted by atomic mass is 127. The molecule has 0 radical (unpaired) electrons. The monoisotopic (exact) mass is 577 g/mol. The zero-order chi connectivity index (χ0) is 24.5. The van der Waals surface area contributed by atoms with Gasteiger partial charge in [0.2, 0.25) is 5.75 Å². The lowest BCUT2D eigenvalue weighted by Crippen LogP contribution is -2.51. The standard InChI is InChI=1S/C19H11F3IN3O7/c1-32-14-6-8(4-10-16(27)24-18(29)25-17(10)28)5-11(23)15(14)33-13-3-2-9(19(20,21)22)7-12(13)26(30)31/h2-7H,1H3,(H2,24,25,27,28,29). The molecule has 172 valence electrons. The molecule has 2 N–H and O–H groups in total. The van der Waals surface area contributed by atoms with Crippen molar-refractivity contribution in [3.63, 3.8) is 0 Å². The van der Waals surface area contributed by atoms with Crippen LogP contribution in [0.5, 0.6) is 17.2 Å². The Morgan fingerprint density at radius 1 is 1.06 bits per heavy atom. The van der Waals surface area contributed by atoms with Crippen molar-refractivity contribution in [1.82, 2.24) is 10.6 Å². The average molecular weight is 577 g/mol. The number of halogens is 4. The number of imide groups is 2. The molecule has 14 heteroatoms. The third-order valence-electron chi connectivity index (χ3n) is 4.20. The lowest BCUT2D eigenvalue weighted by Gasteiger charge is -2.16. The summed E-state index contributed by atoms with van der Waals surface area (Å²) < 4.78 is 49.8. The molecule has 1 aliphatic rings. The minimum Gasteiger partial charge on any atom is -0.493 e. The van der Waals surface area contributed by atoms with Gasteiger partial charge in [-0.1, -0.05) is 0 Å². The maximum atomic E-state index is 12.9. The van der Waals surface area contributed by atoms with Gasteiger partial charge in [-0.05, 0) is 58.5 Å². The number of urea groups is 1. The molecule has 0 saturated carbocycles. The zero-order valence-corrected chi connectivity index (χ0v) is 18.4. The summed E-state index contributed by atoms with van der Waals surface area (Å²) in [6, 6.07) is 3.61. The van der Waals surface area contributed by atoms with E-state index in [2.05, 4.69) is 0 Å². The van der Waals surface area contributed by atoms with Crippen LogP contribution in [0.15, 0.2) is 35.9 Å². The molecule has 10 nitrogen and oxygen atoms in total. The highest BCUT2D eigenvalue weighted by Crippen LogP contribution is 2.42. The number of rotatable bonds is 5. The van der Waals surface area contributed by atoms with Crippen LogP contribution in [0.3, 0.4) is 0 Å². The molecule has 2 aromatic carbocycles. The van der Waals surface area contributed by atoms with Crippen molar-refractivity contribution in [2.75, 3.05) is 7.11 Å². The van der Waals surface area contributed by atoms with Crippen LogP contribution in [-0.4, -0.2) is 29.9 Å². The maximum absolute atomic E-state index is 12.9. The van der Waals surface area contributed by atoms with Crippen LogP contribution in [-0.2, 0) is 15.8 Å². The minimum absolute atomic E-state index is 0.00986. The summed E-state index contributed by atoms with van der Waals surface area (Å²) in [4.78, 5) is 45.3. The third-order valence-corrected chi connectivity index (χ3v) is 5.00. The highest BCUT2D eigenvalue weighted by molar-refractivity contribution is 14.1. The van der Waals surface area contributed by atoms with Crippen molar-refractivity contribution < 1.29 is 42.0 Å². The van der Waals surface area contributed by atoms with E-state index in [1.807, 2.05) is 10.6 Å². The van der Waals surface area contributed by atoms with E-state index in [-0.39, 0.29) is 22.6 Å². The topological polar surface area (TPSA) is 137 Å². The first-order valence-electron chi connectivity index (χ1n) is 8.70. The molecule has 33 heavy (non-hydrogen) atoms. The van der Waals surface area contributed by atoms with Crippen LogP contribution in [0, 0.1) is 13.7 Å². The Bertz CT molecular complexity index is 1210. The molecular formula is C19H11F3IN3O7. The summed E-state index contributed by atoms with van der Waals surface area (Å²) in [6.07, 6.45) is -3.61. The van der Waals surface area contributed by atoms with E-state index in [4.69, 9.17) is 9.47 Å². The van der Waals surface area contributed by atoms with Gasteiger partial charge < -0.3 is 9.47 Å². The number of carbonyl (C=O) groups is 3. The van der Waals surface area contributed by atoms with Gasteiger partial charge in [-0.15, -0.1) is 0 Å². The number of nitro benzene ring substituents is 1. The molecule has 1 saturated heterocycles. The Labute approximate surface area is 196 Å². The smallest absolute Gasteiger partial charge is 0.416 e. The Balaban J connectivity index is 2.02. The van der Waals surface area contributed by atoms with Crippen LogP contribution >= 0.6 is 22.6 Å². The second kappa shape index (κ2) is 9.05. The fraction of sp³-hybridized carbons (Fsp3) is 0.105. The number of alkyl halides is 3. The second-order valence-electron chi connectivity index (χ2n) is 6.37. The number of nitrogens with one attached hydrogen (secondary N) is 2. The van der Waals surface area contributed by atoms with Gasteiger partial charge in [0.05, 0.1) is 21.2 Å². The number of benzene rings is 2. The van der Waals surface area contributed by atoms with Crippen molar-refractivity contribution in [2.24, 2.45) is 0 Å². The number of ether oxygens (including phenoxy) is 2. The normalized spacial score (nSPS) is 13.8. The molecule has 0 atom stereocenters. The van der Waals surface area contributed by atoms with E-state index in [9.17, 15) is 37.7 Å². The molecule has 4 amide bonds. The van der Waals surface area contributed by atoms with Crippen LogP contribution in [0.4, 0.5) is 23.7 Å². The summed E-state index contributed by atoms with van der Waals surface area (Å²) in [5.41, 5.74) is -2.21. The summed E-state index contributed by atoms with van der Waals surface area (Å²) in [7, 11) is 1.25. The van der Waals surface area contributed by atoms with Crippen LogP contribution in [0.1, 0.15) is 11.1 Å². The lowest BCUT2D eigenvalue weighted by atomic mass is 10.1. The first-order valence-corrected chi connectivity index (χ1v) is 9.78. The summed E-state index contributed by atoms with van der Waals surface area (Å²) >= 11 is 1.78.